The van der Waals surface area contributed by atoms with Crippen molar-refractivity contribution in [2.45, 2.75) is 25.6 Å². The van der Waals surface area contributed by atoms with Crippen LogP contribution in [0, 0.1) is 6.92 Å². The zero-order valence-corrected chi connectivity index (χ0v) is 13.7. The van der Waals surface area contributed by atoms with Crippen LogP contribution in [0.4, 0.5) is 5.69 Å². The molecule has 23 heavy (non-hydrogen) atoms. The first-order chi connectivity index (χ1) is 11.0. The normalized spacial score (nSPS) is 19.8. The Kier molecular flexibility index (Phi) is 4.57. The third-order valence-corrected chi connectivity index (χ3v) is 4.49. The molecular formula is C16H19ClN2O4. The zero-order valence-electron chi connectivity index (χ0n) is 12.9. The third kappa shape index (κ3) is 3.49. The summed E-state index contributed by atoms with van der Waals surface area (Å²) < 4.78 is 11.2. The molecule has 1 spiro atoms. The molecule has 124 valence electrons. The number of nitrogens with one attached hydrogen (secondary N) is 1. The number of piperidine rings is 1. The molecule has 2 aliphatic heterocycles. The Hall–Kier alpha value is -1.63. The smallest absolute Gasteiger partial charge is 0.313 e. The molecule has 3 rings (SSSR count). The predicted molar refractivity (Wildman–Crippen MR) is 85.3 cm³/mol. The lowest BCUT2D eigenvalue weighted by molar-refractivity contribution is -0.187. The van der Waals surface area contributed by atoms with Gasteiger partial charge in [-0.25, -0.2) is 0 Å². The molecule has 7 heteroatoms. The minimum absolute atomic E-state index is 0.450. The van der Waals surface area contributed by atoms with Crippen molar-refractivity contribution in [2.75, 3.05) is 31.6 Å². The minimum Gasteiger partial charge on any atom is -0.347 e. The first kappa shape index (κ1) is 16.2. The highest BCUT2D eigenvalue weighted by atomic mass is 35.5. The third-order valence-electron chi connectivity index (χ3n) is 4.26. The Morgan fingerprint density at radius 2 is 1.87 bits per heavy atom. The van der Waals surface area contributed by atoms with Gasteiger partial charge in [0.25, 0.3) is 0 Å². The van der Waals surface area contributed by atoms with Gasteiger partial charge in [-0.3, -0.25) is 9.59 Å². The van der Waals surface area contributed by atoms with E-state index in [1.165, 1.54) is 4.90 Å². The number of likely N-dealkylation sites (tertiary alicyclic amines) is 1. The maximum Gasteiger partial charge on any atom is 0.313 e. The molecule has 0 aliphatic carbocycles. The molecule has 1 aromatic carbocycles. The largest absolute Gasteiger partial charge is 0.347 e. The van der Waals surface area contributed by atoms with E-state index in [1.807, 2.05) is 6.92 Å². The number of amides is 2. The molecule has 2 heterocycles. The molecule has 0 aromatic heterocycles. The van der Waals surface area contributed by atoms with E-state index in [9.17, 15) is 9.59 Å². The molecule has 2 saturated heterocycles. The van der Waals surface area contributed by atoms with Crippen LogP contribution in [-0.4, -0.2) is 48.8 Å². The fourth-order valence-corrected chi connectivity index (χ4v) is 3.15. The van der Waals surface area contributed by atoms with Crippen LogP contribution in [0.15, 0.2) is 18.2 Å². The van der Waals surface area contributed by atoms with Crippen molar-refractivity contribution >= 4 is 29.1 Å². The Labute approximate surface area is 139 Å². The average molecular weight is 339 g/mol. The maximum atomic E-state index is 12.3. The summed E-state index contributed by atoms with van der Waals surface area (Å²) in [5.41, 5.74) is 1.40. The Balaban J connectivity index is 1.58. The fourth-order valence-electron chi connectivity index (χ4n) is 2.92. The van der Waals surface area contributed by atoms with Gasteiger partial charge in [-0.05, 0) is 30.7 Å². The number of hydrogen-bond acceptors (Lipinski definition) is 4. The highest BCUT2D eigenvalue weighted by Crippen LogP contribution is 2.31. The monoisotopic (exact) mass is 338 g/mol. The summed E-state index contributed by atoms with van der Waals surface area (Å²) in [4.78, 5) is 26.0. The van der Waals surface area contributed by atoms with E-state index in [-0.39, 0.29) is 0 Å². The van der Waals surface area contributed by atoms with E-state index < -0.39 is 17.6 Å². The van der Waals surface area contributed by atoms with Gasteiger partial charge in [0.05, 0.1) is 13.2 Å². The van der Waals surface area contributed by atoms with Gasteiger partial charge in [-0.1, -0.05) is 11.6 Å². The molecular weight excluding hydrogens is 320 g/mol. The van der Waals surface area contributed by atoms with Crippen molar-refractivity contribution in [1.29, 1.82) is 0 Å². The van der Waals surface area contributed by atoms with Crippen molar-refractivity contribution in [3.8, 4) is 0 Å². The van der Waals surface area contributed by atoms with Crippen molar-refractivity contribution in [2.24, 2.45) is 0 Å². The Bertz CT molecular complexity index is 619. The topological polar surface area (TPSA) is 67.9 Å². The van der Waals surface area contributed by atoms with Crippen LogP contribution in [0.1, 0.15) is 18.4 Å². The van der Waals surface area contributed by atoms with E-state index in [1.54, 1.807) is 18.2 Å². The first-order valence-corrected chi connectivity index (χ1v) is 8.01. The van der Waals surface area contributed by atoms with Crippen molar-refractivity contribution in [3.05, 3.63) is 28.8 Å². The highest BCUT2D eigenvalue weighted by molar-refractivity contribution is 6.39. The lowest BCUT2D eigenvalue weighted by Gasteiger charge is -2.37. The van der Waals surface area contributed by atoms with Gasteiger partial charge < -0.3 is 19.7 Å². The number of anilines is 1. The molecule has 0 atom stereocenters. The zero-order chi connectivity index (χ0) is 16.4. The van der Waals surface area contributed by atoms with Gasteiger partial charge >= 0.3 is 11.8 Å². The number of carbonyl (C=O) groups is 2. The molecule has 0 bridgehead atoms. The summed E-state index contributed by atoms with van der Waals surface area (Å²) in [6.07, 6.45) is 1.18. The van der Waals surface area contributed by atoms with E-state index in [0.717, 1.165) is 5.56 Å². The lowest BCUT2D eigenvalue weighted by atomic mass is 10.0. The number of nitrogens with zero attached hydrogens (tertiary/aromatic N) is 1. The molecule has 1 N–H and O–H groups in total. The number of benzene rings is 1. The molecule has 2 amide bonds. The van der Waals surface area contributed by atoms with Crippen molar-refractivity contribution in [3.63, 3.8) is 0 Å². The Morgan fingerprint density at radius 1 is 1.22 bits per heavy atom. The van der Waals surface area contributed by atoms with Gasteiger partial charge in [0, 0.05) is 36.6 Å². The number of aryl methyl sites for hydroxylation is 1. The lowest BCUT2D eigenvalue weighted by Crippen LogP contribution is -2.50. The average Bonchev–Trinajstić information content (AvgIpc) is 2.98. The predicted octanol–water partition coefficient (Wildman–Crippen LogP) is 1.95. The number of hydrogen-bond donors (Lipinski definition) is 1. The standard InChI is InChI=1S/C16H19ClN2O4/c1-11-10-12(17)2-3-13(11)18-14(20)15(21)19-6-4-16(5-7-19)22-8-9-23-16/h2-3,10H,4-9H2,1H3,(H,18,20). The summed E-state index contributed by atoms with van der Waals surface area (Å²) in [6.45, 7) is 3.90. The second-order valence-electron chi connectivity index (χ2n) is 5.81. The molecule has 6 nitrogen and oxygen atoms in total. The summed E-state index contributed by atoms with van der Waals surface area (Å²) in [7, 11) is 0. The van der Waals surface area contributed by atoms with Gasteiger partial charge in [-0.2, -0.15) is 0 Å². The molecule has 0 saturated carbocycles. The van der Waals surface area contributed by atoms with Crippen LogP contribution < -0.4 is 5.32 Å². The number of carbonyl (C=O) groups excluding carboxylic acids is 2. The van der Waals surface area contributed by atoms with Crippen LogP contribution in [0.3, 0.4) is 0 Å². The second-order valence-corrected chi connectivity index (χ2v) is 6.25. The van der Waals surface area contributed by atoms with Gasteiger partial charge in [0.1, 0.15) is 0 Å². The van der Waals surface area contributed by atoms with Gasteiger partial charge in [0.15, 0.2) is 5.79 Å². The summed E-state index contributed by atoms with van der Waals surface area (Å²) in [6, 6.07) is 5.10. The van der Waals surface area contributed by atoms with Gasteiger partial charge in [0.2, 0.25) is 0 Å². The van der Waals surface area contributed by atoms with E-state index in [0.29, 0.717) is 49.9 Å². The minimum atomic E-state index is -0.639. The summed E-state index contributed by atoms with van der Waals surface area (Å²) >= 11 is 5.89. The molecule has 0 unspecified atom stereocenters. The van der Waals surface area contributed by atoms with Crippen LogP contribution >= 0.6 is 11.6 Å². The van der Waals surface area contributed by atoms with Crippen molar-refractivity contribution < 1.29 is 19.1 Å². The Morgan fingerprint density at radius 3 is 2.48 bits per heavy atom. The number of halogens is 1. The number of ether oxygens (including phenoxy) is 2. The maximum absolute atomic E-state index is 12.3. The highest BCUT2D eigenvalue weighted by Gasteiger charge is 2.41. The number of rotatable bonds is 1. The van der Waals surface area contributed by atoms with E-state index in [4.69, 9.17) is 21.1 Å². The molecule has 1 aromatic rings. The van der Waals surface area contributed by atoms with Crippen LogP contribution in [0.25, 0.3) is 0 Å². The second kappa shape index (κ2) is 6.47. The summed E-state index contributed by atoms with van der Waals surface area (Å²) in [5.74, 6) is -1.73. The van der Waals surface area contributed by atoms with E-state index >= 15 is 0 Å². The van der Waals surface area contributed by atoms with Gasteiger partial charge in [-0.15, -0.1) is 0 Å². The summed E-state index contributed by atoms with van der Waals surface area (Å²) in [5, 5.41) is 3.23. The molecule has 0 radical (unpaired) electrons. The molecule has 2 aliphatic rings. The fraction of sp³-hybridized carbons (Fsp3) is 0.500. The first-order valence-electron chi connectivity index (χ1n) is 7.63. The molecule has 2 fully saturated rings. The van der Waals surface area contributed by atoms with Crippen LogP contribution in [-0.2, 0) is 19.1 Å². The quantitative estimate of drug-likeness (QED) is 0.795. The van der Waals surface area contributed by atoms with E-state index in [2.05, 4.69) is 5.32 Å². The van der Waals surface area contributed by atoms with Crippen LogP contribution in [0.5, 0.6) is 0 Å². The SMILES string of the molecule is Cc1cc(Cl)ccc1NC(=O)C(=O)N1CCC2(CC1)OCCO2. The van der Waals surface area contributed by atoms with Crippen LogP contribution in [0.2, 0.25) is 5.02 Å². The van der Waals surface area contributed by atoms with Crippen molar-refractivity contribution in [1.82, 2.24) is 4.90 Å².